The number of likely N-dealkylation sites (tertiary alicyclic amines) is 1. The number of nitrogens with two attached hydrogens (primary N) is 1. The Kier molecular flexibility index (Phi) is 4.51. The molecule has 0 unspecified atom stereocenters. The molecule has 3 rings (SSSR count). The maximum atomic E-state index is 5.96. The van der Waals surface area contributed by atoms with Crippen LogP contribution in [0.1, 0.15) is 44.3 Å². The third kappa shape index (κ3) is 3.77. The van der Waals surface area contributed by atoms with E-state index >= 15 is 0 Å². The number of nitrogens with zero attached hydrogens (tertiary/aromatic N) is 1. The van der Waals surface area contributed by atoms with E-state index in [1.165, 1.54) is 32.1 Å². The quantitative estimate of drug-likeness (QED) is 0.919. The fourth-order valence-electron chi connectivity index (χ4n) is 3.08. The Morgan fingerprint density at radius 3 is 2.79 bits per heavy atom. The molecule has 1 saturated carbocycles. The second-order valence-corrected chi connectivity index (χ2v) is 7.19. The highest BCUT2D eigenvalue weighted by Crippen LogP contribution is 2.34. The molecule has 0 bridgehead atoms. The van der Waals surface area contributed by atoms with Crippen LogP contribution in [-0.2, 0) is 6.54 Å². The number of thioether (sulfide) groups is 1. The summed E-state index contributed by atoms with van der Waals surface area (Å²) in [4.78, 5) is 2.39. The Morgan fingerprint density at radius 1 is 1.21 bits per heavy atom. The molecule has 1 aromatic rings. The van der Waals surface area contributed by atoms with Crippen LogP contribution in [0.2, 0.25) is 0 Å². The topological polar surface area (TPSA) is 42.4 Å². The molecule has 2 fully saturated rings. The zero-order chi connectivity index (χ0) is 13.1. The largest absolute Gasteiger partial charge is 0.454 e. The van der Waals surface area contributed by atoms with Crippen LogP contribution in [0.3, 0.4) is 0 Å². The molecule has 0 spiro atoms. The minimum atomic E-state index is 0.353. The van der Waals surface area contributed by atoms with Crippen LogP contribution in [0.4, 0.5) is 0 Å². The van der Waals surface area contributed by atoms with Gasteiger partial charge in [0.25, 0.3) is 0 Å². The van der Waals surface area contributed by atoms with Gasteiger partial charge in [-0.05, 0) is 31.4 Å². The van der Waals surface area contributed by atoms with Crippen molar-refractivity contribution in [1.82, 2.24) is 4.90 Å². The highest BCUT2D eigenvalue weighted by molar-refractivity contribution is 7.99. The van der Waals surface area contributed by atoms with Gasteiger partial charge in [-0.3, -0.25) is 4.90 Å². The normalized spacial score (nSPS) is 26.1. The number of hydrogen-bond acceptors (Lipinski definition) is 4. The summed E-state index contributed by atoms with van der Waals surface area (Å²) >= 11 is 1.93. The molecule has 1 aliphatic heterocycles. The predicted molar refractivity (Wildman–Crippen MR) is 79.3 cm³/mol. The molecular weight excluding hydrogens is 256 g/mol. The summed E-state index contributed by atoms with van der Waals surface area (Å²) in [7, 11) is 0. The van der Waals surface area contributed by atoms with Crippen LogP contribution < -0.4 is 5.73 Å². The van der Waals surface area contributed by atoms with Crippen molar-refractivity contribution in [1.29, 1.82) is 0 Å². The number of rotatable bonds is 4. The van der Waals surface area contributed by atoms with Gasteiger partial charge < -0.3 is 10.2 Å². The second kappa shape index (κ2) is 6.33. The Bertz CT molecular complexity index is 379. The first kappa shape index (κ1) is 13.5. The zero-order valence-electron chi connectivity index (χ0n) is 11.5. The summed E-state index contributed by atoms with van der Waals surface area (Å²) in [5, 5.41) is 1.87. The molecule has 0 radical (unpaired) electrons. The molecule has 1 aliphatic carbocycles. The van der Waals surface area contributed by atoms with E-state index in [4.69, 9.17) is 10.2 Å². The Balaban J connectivity index is 1.51. The maximum absolute atomic E-state index is 5.96. The molecule has 3 nitrogen and oxygen atoms in total. The molecule has 0 amide bonds. The Labute approximate surface area is 119 Å². The summed E-state index contributed by atoms with van der Waals surface area (Å²) in [6.07, 6.45) is 8.00. The van der Waals surface area contributed by atoms with Crippen molar-refractivity contribution in [3.63, 3.8) is 0 Å². The Morgan fingerprint density at radius 2 is 2.05 bits per heavy atom. The minimum Gasteiger partial charge on any atom is -0.454 e. The lowest BCUT2D eigenvalue weighted by atomic mass is 10.0. The Hall–Kier alpha value is -0.450. The molecule has 2 aliphatic rings. The molecular formula is C15H24N2OS. The fraction of sp³-hybridized carbons (Fsp3) is 0.733. The van der Waals surface area contributed by atoms with Crippen molar-refractivity contribution in [3.05, 3.63) is 17.9 Å². The molecule has 4 heteroatoms. The van der Waals surface area contributed by atoms with Gasteiger partial charge in [0.1, 0.15) is 5.76 Å². The van der Waals surface area contributed by atoms with Gasteiger partial charge in [-0.25, -0.2) is 0 Å². The van der Waals surface area contributed by atoms with Gasteiger partial charge in [-0.2, -0.15) is 0 Å². The number of furan rings is 1. The van der Waals surface area contributed by atoms with Crippen LogP contribution in [0.15, 0.2) is 21.6 Å². The monoisotopic (exact) mass is 280 g/mol. The van der Waals surface area contributed by atoms with Crippen molar-refractivity contribution in [2.45, 2.75) is 61.5 Å². The van der Waals surface area contributed by atoms with Crippen LogP contribution in [0.25, 0.3) is 0 Å². The van der Waals surface area contributed by atoms with Crippen LogP contribution in [0.5, 0.6) is 0 Å². The zero-order valence-corrected chi connectivity index (χ0v) is 12.3. The number of hydrogen-bond donors (Lipinski definition) is 1. The van der Waals surface area contributed by atoms with E-state index in [9.17, 15) is 0 Å². The van der Waals surface area contributed by atoms with E-state index in [0.717, 1.165) is 42.2 Å². The summed E-state index contributed by atoms with van der Waals surface area (Å²) in [5.74, 6) is 1.09. The van der Waals surface area contributed by atoms with E-state index in [1.54, 1.807) is 0 Å². The molecule has 106 valence electrons. The van der Waals surface area contributed by atoms with Gasteiger partial charge in [0, 0.05) is 24.4 Å². The van der Waals surface area contributed by atoms with E-state index in [1.807, 2.05) is 11.8 Å². The average molecular weight is 280 g/mol. The average Bonchev–Trinajstić information content (AvgIpc) is 3.01. The standard InChI is InChI=1S/C15H24N2OS/c16-12-8-9-17(10-12)11-13-6-7-15(18-13)19-14-4-2-1-3-5-14/h6-7,12,14H,1-5,8-11,16H2/t12-/m0/s1. The van der Waals surface area contributed by atoms with Crippen LogP contribution in [-0.4, -0.2) is 29.3 Å². The molecule has 1 saturated heterocycles. The summed E-state index contributed by atoms with van der Waals surface area (Å²) < 4.78 is 5.96. The van der Waals surface area contributed by atoms with Gasteiger partial charge >= 0.3 is 0 Å². The van der Waals surface area contributed by atoms with Gasteiger partial charge in [-0.1, -0.05) is 31.0 Å². The van der Waals surface area contributed by atoms with E-state index in [2.05, 4.69) is 17.0 Å². The first-order valence-corrected chi connectivity index (χ1v) is 8.41. The first-order valence-electron chi connectivity index (χ1n) is 7.53. The summed E-state index contributed by atoms with van der Waals surface area (Å²) in [6.45, 7) is 3.03. The molecule has 1 atom stereocenters. The van der Waals surface area contributed by atoms with E-state index in [-0.39, 0.29) is 0 Å². The molecule has 1 aromatic heterocycles. The minimum absolute atomic E-state index is 0.353. The van der Waals surface area contributed by atoms with Gasteiger partial charge in [0.15, 0.2) is 5.09 Å². The van der Waals surface area contributed by atoms with Gasteiger partial charge in [-0.15, -0.1) is 0 Å². The van der Waals surface area contributed by atoms with E-state index < -0.39 is 0 Å². The van der Waals surface area contributed by atoms with Crippen molar-refractivity contribution in [2.24, 2.45) is 5.73 Å². The molecule has 2 heterocycles. The predicted octanol–water partition coefficient (Wildman–Crippen LogP) is 3.24. The smallest absolute Gasteiger partial charge is 0.160 e. The SMILES string of the molecule is N[C@H]1CCN(Cc2ccc(SC3CCCCC3)o2)C1. The molecule has 19 heavy (non-hydrogen) atoms. The van der Waals surface area contributed by atoms with Crippen molar-refractivity contribution >= 4 is 11.8 Å². The summed E-state index contributed by atoms with van der Waals surface area (Å²) in [6, 6.07) is 4.63. The lowest BCUT2D eigenvalue weighted by Gasteiger charge is -2.19. The third-order valence-corrected chi connectivity index (χ3v) is 5.42. The maximum Gasteiger partial charge on any atom is 0.160 e. The van der Waals surface area contributed by atoms with Crippen molar-refractivity contribution in [2.75, 3.05) is 13.1 Å². The summed E-state index contributed by atoms with van der Waals surface area (Å²) in [5.41, 5.74) is 5.93. The van der Waals surface area contributed by atoms with Crippen molar-refractivity contribution < 1.29 is 4.42 Å². The second-order valence-electron chi connectivity index (χ2n) is 5.88. The first-order chi connectivity index (χ1) is 9.29. The lowest BCUT2D eigenvalue weighted by molar-refractivity contribution is 0.282. The van der Waals surface area contributed by atoms with Gasteiger partial charge in [0.2, 0.25) is 0 Å². The fourth-order valence-corrected chi connectivity index (χ4v) is 4.28. The third-order valence-electron chi connectivity index (χ3n) is 4.16. The van der Waals surface area contributed by atoms with Crippen LogP contribution >= 0.6 is 11.8 Å². The highest BCUT2D eigenvalue weighted by Gasteiger charge is 2.21. The molecule has 0 aromatic carbocycles. The molecule has 2 N–H and O–H groups in total. The van der Waals surface area contributed by atoms with Gasteiger partial charge in [0.05, 0.1) is 6.54 Å². The van der Waals surface area contributed by atoms with Crippen LogP contribution in [0, 0.1) is 0 Å². The highest BCUT2D eigenvalue weighted by atomic mass is 32.2. The van der Waals surface area contributed by atoms with E-state index in [0.29, 0.717) is 6.04 Å². The van der Waals surface area contributed by atoms with Crippen molar-refractivity contribution in [3.8, 4) is 0 Å². The lowest BCUT2D eigenvalue weighted by Crippen LogP contribution is -2.26.